The lowest BCUT2D eigenvalue weighted by Crippen LogP contribution is -2.14. The van der Waals surface area contributed by atoms with Crippen molar-refractivity contribution >= 4 is 33.7 Å². The van der Waals surface area contributed by atoms with Gasteiger partial charge < -0.3 is 4.42 Å². The number of halogens is 1. The highest BCUT2D eigenvalue weighted by Gasteiger charge is 2.08. The van der Waals surface area contributed by atoms with Crippen LogP contribution in [0, 0.1) is 3.57 Å². The van der Waals surface area contributed by atoms with E-state index in [2.05, 4.69) is 29.5 Å². The molecule has 0 radical (unpaired) electrons. The van der Waals surface area contributed by atoms with Crippen LogP contribution in [0.1, 0.15) is 32.6 Å². The van der Waals surface area contributed by atoms with Crippen molar-refractivity contribution in [1.29, 1.82) is 0 Å². The SMILES string of the molecule is CCCCCCn1c(=O)oc2cc(I)ccc21. The fourth-order valence-corrected chi connectivity index (χ4v) is 2.41. The summed E-state index contributed by atoms with van der Waals surface area (Å²) in [6, 6.07) is 5.86. The summed E-state index contributed by atoms with van der Waals surface area (Å²) >= 11 is 2.22. The molecule has 92 valence electrons. The first-order chi connectivity index (χ1) is 8.22. The third-order valence-electron chi connectivity index (χ3n) is 2.87. The Kier molecular flexibility index (Phi) is 4.25. The molecule has 1 aromatic carbocycles. The Morgan fingerprint density at radius 3 is 2.88 bits per heavy atom. The second kappa shape index (κ2) is 5.71. The molecule has 0 unspecified atom stereocenters. The van der Waals surface area contributed by atoms with Crippen molar-refractivity contribution in [2.75, 3.05) is 0 Å². The normalized spacial score (nSPS) is 11.2. The Bertz CT molecular complexity index is 556. The second-order valence-electron chi connectivity index (χ2n) is 4.19. The van der Waals surface area contributed by atoms with Crippen molar-refractivity contribution in [3.63, 3.8) is 0 Å². The minimum absolute atomic E-state index is 0.238. The topological polar surface area (TPSA) is 35.1 Å². The Morgan fingerprint density at radius 1 is 1.29 bits per heavy atom. The summed E-state index contributed by atoms with van der Waals surface area (Å²) in [5.74, 6) is -0.238. The number of oxazole rings is 1. The van der Waals surface area contributed by atoms with E-state index in [9.17, 15) is 4.79 Å². The summed E-state index contributed by atoms with van der Waals surface area (Å²) in [4.78, 5) is 11.7. The Hall–Kier alpha value is -0.780. The van der Waals surface area contributed by atoms with Crippen molar-refractivity contribution in [3.8, 4) is 0 Å². The minimum Gasteiger partial charge on any atom is -0.408 e. The molecule has 0 aliphatic carbocycles. The van der Waals surface area contributed by atoms with Crippen LogP contribution in [0.4, 0.5) is 0 Å². The number of fused-ring (bicyclic) bond motifs is 1. The number of aromatic nitrogens is 1. The van der Waals surface area contributed by atoms with Crippen molar-refractivity contribution in [2.24, 2.45) is 0 Å². The molecule has 0 spiro atoms. The van der Waals surface area contributed by atoms with Gasteiger partial charge in [-0.25, -0.2) is 4.79 Å². The molecule has 0 amide bonds. The summed E-state index contributed by atoms with van der Waals surface area (Å²) in [5.41, 5.74) is 1.60. The molecule has 4 heteroatoms. The van der Waals surface area contributed by atoms with E-state index >= 15 is 0 Å². The van der Waals surface area contributed by atoms with Crippen molar-refractivity contribution in [3.05, 3.63) is 32.3 Å². The maximum Gasteiger partial charge on any atom is 0.419 e. The van der Waals surface area contributed by atoms with Crippen molar-refractivity contribution in [2.45, 2.75) is 39.2 Å². The summed E-state index contributed by atoms with van der Waals surface area (Å²) < 4.78 is 8.06. The van der Waals surface area contributed by atoms with Crippen LogP contribution in [0.5, 0.6) is 0 Å². The maximum atomic E-state index is 11.7. The van der Waals surface area contributed by atoms with E-state index in [1.165, 1.54) is 19.3 Å². The van der Waals surface area contributed by atoms with Gasteiger partial charge in [-0.2, -0.15) is 0 Å². The van der Waals surface area contributed by atoms with Crippen LogP contribution in [0.15, 0.2) is 27.4 Å². The number of benzene rings is 1. The van der Waals surface area contributed by atoms with E-state index in [0.29, 0.717) is 5.58 Å². The standard InChI is InChI=1S/C13H16INO2/c1-2-3-4-5-8-15-11-7-6-10(14)9-12(11)17-13(15)16/h6-7,9H,2-5,8H2,1H3. The molecule has 0 bridgehead atoms. The van der Waals surface area contributed by atoms with E-state index < -0.39 is 0 Å². The van der Waals surface area contributed by atoms with Crippen molar-refractivity contribution in [1.82, 2.24) is 4.57 Å². The van der Waals surface area contributed by atoms with Gasteiger partial charge in [0.2, 0.25) is 0 Å². The molecule has 1 heterocycles. The highest BCUT2D eigenvalue weighted by atomic mass is 127. The van der Waals surface area contributed by atoms with Crippen molar-refractivity contribution < 1.29 is 4.42 Å². The third-order valence-corrected chi connectivity index (χ3v) is 3.54. The van der Waals surface area contributed by atoms with Crippen LogP contribution in [-0.2, 0) is 6.54 Å². The van der Waals surface area contributed by atoms with Gasteiger partial charge in [-0.05, 0) is 47.2 Å². The van der Waals surface area contributed by atoms with Crippen LogP contribution >= 0.6 is 22.6 Å². The predicted molar refractivity (Wildman–Crippen MR) is 77.3 cm³/mol. The lowest BCUT2D eigenvalue weighted by molar-refractivity contribution is 0.488. The van der Waals surface area contributed by atoms with Gasteiger partial charge in [0, 0.05) is 10.1 Å². The molecule has 1 aromatic heterocycles. The molecular formula is C13H16INO2. The number of nitrogens with zero attached hydrogens (tertiary/aromatic N) is 1. The van der Waals surface area contributed by atoms with Gasteiger partial charge in [-0.15, -0.1) is 0 Å². The highest BCUT2D eigenvalue weighted by molar-refractivity contribution is 14.1. The number of aryl methyl sites for hydroxylation is 1. The van der Waals surface area contributed by atoms with Crippen LogP contribution < -0.4 is 5.76 Å². The molecule has 0 saturated carbocycles. The largest absolute Gasteiger partial charge is 0.419 e. The molecule has 17 heavy (non-hydrogen) atoms. The van der Waals surface area contributed by atoms with E-state index in [1.807, 2.05) is 18.2 Å². The first-order valence-electron chi connectivity index (χ1n) is 6.01. The van der Waals surface area contributed by atoms with Gasteiger partial charge in [0.05, 0.1) is 5.52 Å². The number of rotatable bonds is 5. The maximum absolute atomic E-state index is 11.7. The van der Waals surface area contributed by atoms with Gasteiger partial charge in [0.15, 0.2) is 5.58 Å². The lowest BCUT2D eigenvalue weighted by atomic mass is 10.2. The van der Waals surface area contributed by atoms with Gasteiger partial charge >= 0.3 is 5.76 Å². The van der Waals surface area contributed by atoms with Gasteiger partial charge in [0.25, 0.3) is 0 Å². The Morgan fingerprint density at radius 2 is 2.12 bits per heavy atom. The molecule has 0 saturated heterocycles. The fraction of sp³-hybridized carbons (Fsp3) is 0.462. The van der Waals surface area contributed by atoms with Crippen LogP contribution in [-0.4, -0.2) is 4.57 Å². The monoisotopic (exact) mass is 345 g/mol. The quantitative estimate of drug-likeness (QED) is 0.611. The minimum atomic E-state index is -0.238. The highest BCUT2D eigenvalue weighted by Crippen LogP contribution is 2.17. The number of hydrogen-bond donors (Lipinski definition) is 0. The molecule has 0 aliphatic rings. The Labute approximate surface area is 114 Å². The van der Waals surface area contributed by atoms with Gasteiger partial charge in [-0.3, -0.25) is 4.57 Å². The summed E-state index contributed by atoms with van der Waals surface area (Å²) in [7, 11) is 0. The van der Waals surface area contributed by atoms with Gasteiger partial charge in [-0.1, -0.05) is 26.2 Å². The summed E-state index contributed by atoms with van der Waals surface area (Å²) in [6.45, 7) is 2.94. The second-order valence-corrected chi connectivity index (χ2v) is 5.44. The first kappa shape index (κ1) is 12.7. The molecule has 0 atom stereocenters. The van der Waals surface area contributed by atoms with Crippen LogP contribution in [0.3, 0.4) is 0 Å². The van der Waals surface area contributed by atoms with E-state index in [4.69, 9.17) is 4.42 Å². The average Bonchev–Trinajstić information content (AvgIpc) is 2.60. The van der Waals surface area contributed by atoms with E-state index in [1.54, 1.807) is 4.57 Å². The average molecular weight is 345 g/mol. The van der Waals surface area contributed by atoms with Crippen LogP contribution in [0.25, 0.3) is 11.1 Å². The predicted octanol–water partition coefficient (Wildman–Crippen LogP) is 3.78. The molecule has 2 rings (SSSR count). The van der Waals surface area contributed by atoms with Gasteiger partial charge in [0.1, 0.15) is 0 Å². The first-order valence-corrected chi connectivity index (χ1v) is 7.09. The summed E-state index contributed by atoms with van der Waals surface area (Å²) in [6.07, 6.45) is 4.63. The zero-order valence-corrected chi connectivity index (χ0v) is 12.1. The fourth-order valence-electron chi connectivity index (χ4n) is 1.95. The summed E-state index contributed by atoms with van der Waals surface area (Å²) in [5, 5.41) is 0. The molecule has 0 fully saturated rings. The van der Waals surface area contributed by atoms with E-state index in [0.717, 1.165) is 22.1 Å². The molecule has 0 N–H and O–H groups in total. The molecule has 3 nitrogen and oxygen atoms in total. The number of unbranched alkanes of at least 4 members (excludes halogenated alkanes) is 3. The third kappa shape index (κ3) is 2.91. The lowest BCUT2D eigenvalue weighted by Gasteiger charge is -2.01. The zero-order chi connectivity index (χ0) is 12.3. The van der Waals surface area contributed by atoms with Crippen LogP contribution in [0.2, 0.25) is 0 Å². The molecule has 0 aliphatic heterocycles. The molecule has 2 aromatic rings. The molecular weight excluding hydrogens is 329 g/mol. The zero-order valence-electron chi connectivity index (χ0n) is 9.91. The smallest absolute Gasteiger partial charge is 0.408 e. The van der Waals surface area contributed by atoms with E-state index in [-0.39, 0.29) is 5.76 Å². The number of hydrogen-bond acceptors (Lipinski definition) is 2. The Balaban J connectivity index is 2.21.